The highest BCUT2D eigenvalue weighted by Gasteiger charge is 2.66. The van der Waals surface area contributed by atoms with Gasteiger partial charge in [0.1, 0.15) is 16.1 Å². The molecule has 3 unspecified atom stereocenters. The van der Waals surface area contributed by atoms with E-state index in [4.69, 9.17) is 8.92 Å². The van der Waals surface area contributed by atoms with Gasteiger partial charge in [-0.05, 0) is 84.1 Å². The Bertz CT molecular complexity index is 1840. The van der Waals surface area contributed by atoms with Gasteiger partial charge in [0.05, 0.1) is 5.92 Å². The van der Waals surface area contributed by atoms with Crippen LogP contribution in [0, 0.1) is 17.8 Å². The van der Waals surface area contributed by atoms with Crippen LogP contribution in [0.15, 0.2) is 91.0 Å². The molecule has 0 aromatic heterocycles. The number of ether oxygens (including phenoxy) is 1. The van der Waals surface area contributed by atoms with Crippen LogP contribution in [-0.4, -0.2) is 24.7 Å². The van der Waals surface area contributed by atoms with E-state index in [9.17, 15) is 13.2 Å². The molecule has 0 radical (unpaired) electrons. The Hall–Kier alpha value is -3.64. The van der Waals surface area contributed by atoms with Crippen LogP contribution in [-0.2, 0) is 19.6 Å². The smallest absolute Gasteiger partial charge is 0.315 e. The number of esters is 1. The highest BCUT2D eigenvalue weighted by atomic mass is 32.2. The minimum absolute atomic E-state index is 0.0359. The summed E-state index contributed by atoms with van der Waals surface area (Å²) in [7, 11) is -4.00. The van der Waals surface area contributed by atoms with E-state index in [2.05, 4.69) is 48.5 Å². The summed E-state index contributed by atoms with van der Waals surface area (Å²) in [6, 6.07) is 30.3. The molecule has 6 bridgehead atoms. The van der Waals surface area contributed by atoms with E-state index >= 15 is 0 Å². The van der Waals surface area contributed by atoms with Crippen molar-refractivity contribution in [2.45, 2.75) is 67.1 Å². The number of fused-ring (bicyclic) bond motifs is 2. The zero-order chi connectivity index (χ0) is 29.0. The van der Waals surface area contributed by atoms with Crippen LogP contribution in [0.1, 0.15) is 79.0 Å². The normalized spacial score (nSPS) is 33.2. The molecule has 5 nitrogen and oxygen atoms in total. The molecule has 0 spiro atoms. The van der Waals surface area contributed by atoms with Crippen LogP contribution in [0.2, 0.25) is 0 Å². The van der Waals surface area contributed by atoms with Crippen molar-refractivity contribution in [1.29, 1.82) is 0 Å². The van der Waals surface area contributed by atoms with E-state index in [0.717, 1.165) is 36.5 Å². The van der Waals surface area contributed by atoms with E-state index in [0.29, 0.717) is 25.0 Å². The number of benzene rings is 4. The van der Waals surface area contributed by atoms with Crippen LogP contribution >= 0.6 is 0 Å². The van der Waals surface area contributed by atoms with Gasteiger partial charge in [-0.3, -0.25) is 4.79 Å². The maximum atomic E-state index is 14.3. The summed E-state index contributed by atoms with van der Waals surface area (Å²) in [4.78, 5) is 14.3. The fourth-order valence-electron chi connectivity index (χ4n) is 10.1. The molecule has 0 N–H and O–H groups in total. The third-order valence-electron chi connectivity index (χ3n) is 11.4. The van der Waals surface area contributed by atoms with Crippen LogP contribution in [0.3, 0.4) is 0 Å². The standard InChI is InChI=1S/C37H34O5S/c38-35(32-17-31-27-11-3-5-13-29(27)34(32)30-14-6-4-12-28(30)31)41-36-18-23-16-24(19-36)21-37(20-23,22-36)43(39,40)42-33-15-7-9-25-8-1-2-10-26(25)33/h1-15,23-24,31-32,34H,16-22H2. The summed E-state index contributed by atoms with van der Waals surface area (Å²) in [5.74, 6) is 0.493. The molecular formula is C37H34O5S. The zero-order valence-corrected chi connectivity index (χ0v) is 24.8. The van der Waals surface area contributed by atoms with Gasteiger partial charge >= 0.3 is 16.1 Å². The first-order valence-corrected chi connectivity index (χ1v) is 17.1. The second-order valence-electron chi connectivity index (χ2n) is 13.9. The SMILES string of the molecule is O=C(OC12CC3CC(C1)CC(S(=O)(=O)Oc1cccc4ccccc14)(C3)C2)C1CC2c3ccccc3C1c1ccccc12. The highest BCUT2D eigenvalue weighted by molar-refractivity contribution is 7.88. The fraction of sp³-hybridized carbons (Fsp3) is 0.378. The van der Waals surface area contributed by atoms with Gasteiger partial charge in [0.25, 0.3) is 0 Å². The van der Waals surface area contributed by atoms with Crippen molar-refractivity contribution in [3.05, 3.63) is 113 Å². The second-order valence-corrected chi connectivity index (χ2v) is 15.8. The van der Waals surface area contributed by atoms with Crippen molar-refractivity contribution < 1.29 is 22.1 Å². The molecule has 6 heteroatoms. The van der Waals surface area contributed by atoms with E-state index in [1.807, 2.05) is 36.4 Å². The molecule has 4 saturated carbocycles. The average Bonchev–Trinajstić information content (AvgIpc) is 3.00. The van der Waals surface area contributed by atoms with Crippen LogP contribution in [0.4, 0.5) is 0 Å². The third-order valence-corrected chi connectivity index (χ3v) is 13.3. The topological polar surface area (TPSA) is 69.7 Å². The molecule has 0 aliphatic heterocycles. The summed E-state index contributed by atoms with van der Waals surface area (Å²) in [6.45, 7) is 0. The summed E-state index contributed by atoms with van der Waals surface area (Å²) in [5, 5.41) is 1.73. The van der Waals surface area contributed by atoms with Gasteiger partial charge in [0.15, 0.2) is 0 Å². The molecule has 4 fully saturated rings. The van der Waals surface area contributed by atoms with E-state index < -0.39 is 20.5 Å². The first-order chi connectivity index (χ1) is 20.8. The van der Waals surface area contributed by atoms with E-state index in [1.54, 1.807) is 6.07 Å². The molecule has 4 aromatic carbocycles. The Morgan fingerprint density at radius 1 is 0.698 bits per heavy atom. The van der Waals surface area contributed by atoms with Gasteiger partial charge in [-0.15, -0.1) is 0 Å². The predicted molar refractivity (Wildman–Crippen MR) is 164 cm³/mol. The fourth-order valence-corrected chi connectivity index (χ4v) is 12.0. The van der Waals surface area contributed by atoms with Crippen LogP contribution in [0.25, 0.3) is 10.8 Å². The lowest BCUT2D eigenvalue weighted by atomic mass is 9.53. The minimum atomic E-state index is -4.00. The lowest BCUT2D eigenvalue weighted by Gasteiger charge is -2.60. The number of rotatable bonds is 5. The Morgan fingerprint density at radius 3 is 2.00 bits per heavy atom. The molecular weight excluding hydrogens is 556 g/mol. The van der Waals surface area contributed by atoms with Crippen molar-refractivity contribution in [2.24, 2.45) is 17.8 Å². The molecule has 11 rings (SSSR count). The summed E-state index contributed by atoms with van der Waals surface area (Å²) >= 11 is 0. The molecule has 3 atom stereocenters. The maximum Gasteiger partial charge on any atom is 0.315 e. The Balaban J connectivity index is 1.04. The van der Waals surface area contributed by atoms with Gasteiger partial charge in [0.2, 0.25) is 0 Å². The van der Waals surface area contributed by atoms with Crippen molar-refractivity contribution >= 4 is 26.9 Å². The predicted octanol–water partition coefficient (Wildman–Crippen LogP) is 7.48. The summed E-state index contributed by atoms with van der Waals surface area (Å²) in [5.41, 5.74) is 4.34. The van der Waals surface area contributed by atoms with Crippen LogP contribution < -0.4 is 4.18 Å². The van der Waals surface area contributed by atoms with Crippen molar-refractivity contribution in [2.75, 3.05) is 0 Å². The number of hydrogen-bond donors (Lipinski definition) is 0. The first kappa shape index (κ1) is 25.8. The zero-order valence-electron chi connectivity index (χ0n) is 23.9. The quantitative estimate of drug-likeness (QED) is 0.178. The number of hydrogen-bond acceptors (Lipinski definition) is 5. The lowest BCUT2D eigenvalue weighted by molar-refractivity contribution is -0.189. The van der Waals surface area contributed by atoms with Gasteiger partial charge in [0, 0.05) is 23.6 Å². The monoisotopic (exact) mass is 590 g/mol. The molecule has 43 heavy (non-hydrogen) atoms. The maximum absolute atomic E-state index is 14.3. The summed E-state index contributed by atoms with van der Waals surface area (Å²) < 4.78 is 40.1. The highest BCUT2D eigenvalue weighted by Crippen LogP contribution is 2.63. The molecule has 0 heterocycles. The van der Waals surface area contributed by atoms with Crippen molar-refractivity contribution in [3.63, 3.8) is 0 Å². The largest absolute Gasteiger partial charge is 0.459 e. The van der Waals surface area contributed by atoms with E-state index in [-0.39, 0.29) is 35.6 Å². The van der Waals surface area contributed by atoms with E-state index in [1.165, 1.54) is 22.3 Å². The Morgan fingerprint density at radius 2 is 1.30 bits per heavy atom. The van der Waals surface area contributed by atoms with Gasteiger partial charge in [-0.25, -0.2) is 0 Å². The summed E-state index contributed by atoms with van der Waals surface area (Å²) in [6.07, 6.45) is 4.69. The van der Waals surface area contributed by atoms with Gasteiger partial charge in [-0.2, -0.15) is 8.42 Å². The molecule has 0 saturated heterocycles. The second kappa shape index (κ2) is 8.95. The van der Waals surface area contributed by atoms with Crippen molar-refractivity contribution in [1.82, 2.24) is 0 Å². The number of carbonyl (C=O) groups excluding carboxylic acids is 1. The first-order valence-electron chi connectivity index (χ1n) is 15.7. The van der Waals surface area contributed by atoms with Crippen LogP contribution in [0.5, 0.6) is 5.75 Å². The lowest BCUT2D eigenvalue weighted by Crippen LogP contribution is -2.64. The Labute approximate surface area is 252 Å². The molecule has 7 aliphatic rings. The minimum Gasteiger partial charge on any atom is -0.459 e. The van der Waals surface area contributed by atoms with Gasteiger partial charge in [-0.1, -0.05) is 84.9 Å². The number of carbonyl (C=O) groups is 1. The Kier molecular flexibility index (Phi) is 5.37. The molecule has 218 valence electrons. The average molecular weight is 591 g/mol. The third kappa shape index (κ3) is 3.75. The van der Waals surface area contributed by atoms with Crippen molar-refractivity contribution in [3.8, 4) is 5.75 Å². The van der Waals surface area contributed by atoms with Gasteiger partial charge < -0.3 is 8.92 Å². The molecule has 0 amide bonds. The molecule has 7 aliphatic carbocycles. The molecule has 4 aromatic rings.